The van der Waals surface area contributed by atoms with Gasteiger partial charge in [0.2, 0.25) is 0 Å². The zero-order valence-corrected chi connectivity index (χ0v) is 8.47. The summed E-state index contributed by atoms with van der Waals surface area (Å²) >= 11 is 0.187. The number of carbonyl (C=O) groups is 1. The lowest BCUT2D eigenvalue weighted by atomic mass is 10.2. The van der Waals surface area contributed by atoms with Crippen molar-refractivity contribution in [2.45, 2.75) is 12.5 Å². The van der Waals surface area contributed by atoms with E-state index >= 15 is 0 Å². The molecule has 0 bridgehead atoms. The van der Waals surface area contributed by atoms with E-state index in [9.17, 15) is 4.79 Å². The van der Waals surface area contributed by atoms with E-state index < -0.39 is 23.6 Å². The zero-order chi connectivity index (χ0) is 9.98. The fraction of sp³-hybridized carbons (Fsp3) is 0.800. The summed E-state index contributed by atoms with van der Waals surface area (Å²) in [5.41, 5.74) is 5.19. The highest BCUT2D eigenvalue weighted by Crippen LogP contribution is 1.97. The van der Waals surface area contributed by atoms with Gasteiger partial charge in [-0.2, -0.15) is 11.8 Å². The molecule has 0 unspecified atom stereocenters. The molecule has 0 aromatic heterocycles. The molecular formula is C5H13NO4S2. The van der Waals surface area contributed by atoms with Gasteiger partial charge in [0.05, 0.1) is 0 Å². The monoisotopic (exact) mass is 215 g/mol. The number of hydrogen-bond donors (Lipinski definition) is 2. The second-order valence-corrected chi connectivity index (χ2v) is 2.96. The summed E-state index contributed by atoms with van der Waals surface area (Å²) in [6.45, 7) is 0. The smallest absolute Gasteiger partial charge is 0.320 e. The van der Waals surface area contributed by atoms with Crippen molar-refractivity contribution in [2.75, 3.05) is 12.0 Å². The van der Waals surface area contributed by atoms with Crippen LogP contribution in [0.4, 0.5) is 0 Å². The predicted octanol–water partition coefficient (Wildman–Crippen LogP) is -1.05. The molecule has 5 nitrogen and oxygen atoms in total. The molecular weight excluding hydrogens is 202 g/mol. The van der Waals surface area contributed by atoms with Crippen molar-refractivity contribution >= 4 is 29.3 Å². The van der Waals surface area contributed by atoms with Gasteiger partial charge in [0.15, 0.2) is 0 Å². The van der Waals surface area contributed by atoms with E-state index in [1.165, 1.54) is 0 Å². The van der Waals surface area contributed by atoms with Gasteiger partial charge in [-0.15, -0.1) is 0 Å². The Morgan fingerprint density at radius 1 is 1.67 bits per heavy atom. The molecule has 0 heterocycles. The average molecular weight is 215 g/mol. The Bertz CT molecular complexity index is 158. The third-order valence-electron chi connectivity index (χ3n) is 0.950. The largest absolute Gasteiger partial charge is 0.480 e. The molecule has 0 rings (SSSR count). The quantitative estimate of drug-likeness (QED) is 0.621. The van der Waals surface area contributed by atoms with Gasteiger partial charge in [0.25, 0.3) is 0 Å². The summed E-state index contributed by atoms with van der Waals surface area (Å²) in [5, 5.41) is 8.27. The molecule has 7 heteroatoms. The van der Waals surface area contributed by atoms with Gasteiger partial charge >= 0.3 is 5.97 Å². The van der Waals surface area contributed by atoms with Crippen LogP contribution in [-0.2, 0) is 16.4 Å². The molecule has 0 saturated heterocycles. The topological polar surface area (TPSA) is 97.5 Å². The third kappa shape index (κ3) is 12.4. The van der Waals surface area contributed by atoms with Gasteiger partial charge in [-0.05, 0) is 18.4 Å². The normalized spacial score (nSPS) is 11.2. The summed E-state index contributed by atoms with van der Waals surface area (Å²) in [6.07, 6.45) is 2.48. The molecule has 0 fully saturated rings. The van der Waals surface area contributed by atoms with E-state index in [1.807, 2.05) is 6.26 Å². The van der Waals surface area contributed by atoms with Gasteiger partial charge in [0, 0.05) is 0 Å². The van der Waals surface area contributed by atoms with Gasteiger partial charge < -0.3 is 10.8 Å². The van der Waals surface area contributed by atoms with Crippen LogP contribution in [0.5, 0.6) is 0 Å². The van der Waals surface area contributed by atoms with E-state index in [2.05, 4.69) is 0 Å². The Morgan fingerprint density at radius 2 is 2.08 bits per heavy atom. The van der Waals surface area contributed by atoms with Gasteiger partial charge in [-0.1, -0.05) is 0 Å². The molecule has 0 spiro atoms. The number of thioether (sulfide) groups is 1. The molecule has 0 aromatic rings. The summed E-state index contributed by atoms with van der Waals surface area (Å²) < 4.78 is 16.8. The molecule has 12 heavy (non-hydrogen) atoms. The number of hydrogen-bond acceptors (Lipinski definition) is 5. The molecule has 0 amide bonds. The SMILES string of the molecule is CSCC[C@H](N)C(=O)O.O=[SH2]=O. The maximum atomic E-state index is 10.1. The van der Waals surface area contributed by atoms with Crippen LogP contribution in [0.1, 0.15) is 6.42 Å². The summed E-state index contributed by atoms with van der Waals surface area (Å²) in [5.74, 6) is -0.1000. The minimum atomic E-state index is -1.42. The highest BCUT2D eigenvalue weighted by atomic mass is 32.2. The number of rotatable bonds is 4. The summed E-state index contributed by atoms with van der Waals surface area (Å²) in [7, 11) is 0. The number of carboxylic acid groups (broad SMARTS) is 1. The standard InChI is InChI=1S/C5H11NO2S.H2O2S/c1-9-3-2-4(6)5(7)8;1-3-2/h4H,2-3,6H2,1H3,(H,7,8);3H2/t4-;/m0./s1. The first-order chi connectivity index (χ1) is 5.59. The van der Waals surface area contributed by atoms with Crippen molar-refractivity contribution in [3.8, 4) is 0 Å². The van der Waals surface area contributed by atoms with Crippen molar-refractivity contribution in [2.24, 2.45) is 5.73 Å². The van der Waals surface area contributed by atoms with E-state index in [-0.39, 0.29) is 0 Å². The molecule has 0 saturated carbocycles. The molecule has 74 valence electrons. The molecule has 0 aliphatic carbocycles. The summed E-state index contributed by atoms with van der Waals surface area (Å²) in [6, 6.07) is -0.683. The van der Waals surface area contributed by atoms with Crippen LogP contribution in [0.2, 0.25) is 0 Å². The minimum absolute atomic E-state index is 0.552. The molecule has 0 aromatic carbocycles. The Morgan fingerprint density at radius 3 is 2.33 bits per heavy atom. The van der Waals surface area contributed by atoms with Crippen LogP contribution in [0.25, 0.3) is 0 Å². The lowest BCUT2D eigenvalue weighted by Crippen LogP contribution is -2.30. The Hall–Kier alpha value is -0.270. The van der Waals surface area contributed by atoms with Crippen molar-refractivity contribution in [1.29, 1.82) is 0 Å². The highest BCUT2D eigenvalue weighted by Gasteiger charge is 2.08. The Labute approximate surface area is 78.3 Å². The lowest BCUT2D eigenvalue weighted by molar-refractivity contribution is -0.138. The first-order valence-electron chi connectivity index (χ1n) is 3.06. The second kappa shape index (κ2) is 10.7. The van der Waals surface area contributed by atoms with Gasteiger partial charge in [0.1, 0.15) is 17.6 Å². The molecule has 0 aliphatic rings. The van der Waals surface area contributed by atoms with Crippen molar-refractivity contribution < 1.29 is 18.3 Å². The van der Waals surface area contributed by atoms with E-state index in [0.717, 1.165) is 5.75 Å². The van der Waals surface area contributed by atoms with Crippen LogP contribution in [0, 0.1) is 0 Å². The first kappa shape index (κ1) is 14.3. The van der Waals surface area contributed by atoms with E-state index in [4.69, 9.17) is 19.3 Å². The van der Waals surface area contributed by atoms with Crippen LogP contribution >= 0.6 is 11.8 Å². The molecule has 1 atom stereocenters. The predicted molar refractivity (Wildman–Crippen MR) is 50.3 cm³/mol. The van der Waals surface area contributed by atoms with Crippen LogP contribution in [0.15, 0.2) is 0 Å². The molecule has 0 radical (unpaired) electrons. The van der Waals surface area contributed by atoms with Crippen LogP contribution in [-0.4, -0.2) is 37.5 Å². The van der Waals surface area contributed by atoms with Gasteiger partial charge in [-0.25, -0.2) is 8.42 Å². The second-order valence-electron chi connectivity index (χ2n) is 1.81. The number of aliphatic carboxylic acids is 1. The number of nitrogens with two attached hydrogens (primary N) is 1. The zero-order valence-electron chi connectivity index (χ0n) is 6.65. The van der Waals surface area contributed by atoms with Gasteiger partial charge in [-0.3, -0.25) is 4.79 Å². The summed E-state index contributed by atoms with van der Waals surface area (Å²) in [4.78, 5) is 10.1. The van der Waals surface area contributed by atoms with Crippen LogP contribution < -0.4 is 5.73 Å². The maximum absolute atomic E-state index is 10.1. The van der Waals surface area contributed by atoms with Crippen molar-refractivity contribution in [3.05, 3.63) is 0 Å². The highest BCUT2D eigenvalue weighted by molar-refractivity contribution is 7.98. The Kier molecular flexibility index (Phi) is 12.8. The Balaban J connectivity index is 0. The molecule has 0 aliphatic heterocycles. The first-order valence-corrected chi connectivity index (χ1v) is 5.27. The maximum Gasteiger partial charge on any atom is 0.320 e. The number of carboxylic acids is 1. The fourth-order valence-electron chi connectivity index (χ4n) is 0.368. The minimum Gasteiger partial charge on any atom is -0.480 e. The fourth-order valence-corrected chi connectivity index (χ4v) is 0.858. The van der Waals surface area contributed by atoms with Crippen LogP contribution in [0.3, 0.4) is 0 Å². The van der Waals surface area contributed by atoms with E-state index in [0.29, 0.717) is 6.42 Å². The molecule has 3 N–H and O–H groups in total. The van der Waals surface area contributed by atoms with Crippen molar-refractivity contribution in [1.82, 2.24) is 0 Å². The average Bonchev–Trinajstić information content (AvgIpc) is 2.01. The lowest BCUT2D eigenvalue weighted by Gasteiger charge is -2.02. The van der Waals surface area contributed by atoms with E-state index in [1.54, 1.807) is 11.8 Å². The van der Waals surface area contributed by atoms with Crippen molar-refractivity contribution in [3.63, 3.8) is 0 Å². The third-order valence-corrected chi connectivity index (χ3v) is 1.59.